The number of morpholine rings is 1. The zero-order valence-corrected chi connectivity index (χ0v) is 20.2. The number of amides is 1. The number of aliphatic hydroxyl groups excluding tert-OH is 1. The minimum atomic E-state index is -0.734. The van der Waals surface area contributed by atoms with Crippen LogP contribution in [0.1, 0.15) is 23.6 Å². The maximum atomic E-state index is 13.2. The van der Waals surface area contributed by atoms with Gasteiger partial charge >= 0.3 is 0 Å². The van der Waals surface area contributed by atoms with Crippen LogP contribution in [-0.4, -0.2) is 72.6 Å². The van der Waals surface area contributed by atoms with Crippen LogP contribution in [0.15, 0.2) is 66.8 Å². The second kappa shape index (κ2) is 11.5. The fourth-order valence-corrected chi connectivity index (χ4v) is 4.57. The molecule has 2 aliphatic rings. The molecule has 0 aromatic heterocycles. The molecule has 2 aromatic rings. The zero-order valence-electron chi connectivity index (χ0n) is 19.5. The Morgan fingerprint density at radius 1 is 1.14 bits per heavy atom. The van der Waals surface area contributed by atoms with Crippen molar-refractivity contribution in [3.8, 4) is 5.75 Å². The van der Waals surface area contributed by atoms with E-state index in [1.165, 1.54) is 0 Å². The van der Waals surface area contributed by atoms with Crippen LogP contribution >= 0.6 is 11.6 Å². The van der Waals surface area contributed by atoms with Crippen molar-refractivity contribution in [3.63, 3.8) is 0 Å². The van der Waals surface area contributed by atoms with E-state index in [0.717, 1.165) is 19.6 Å². The van der Waals surface area contributed by atoms with Crippen LogP contribution in [0.25, 0.3) is 5.76 Å². The topological polar surface area (TPSA) is 79.3 Å². The molecule has 0 saturated carbocycles. The van der Waals surface area contributed by atoms with Crippen LogP contribution < -0.4 is 4.74 Å². The first-order chi connectivity index (χ1) is 17.0. The Morgan fingerprint density at radius 2 is 1.89 bits per heavy atom. The molecular formula is C27H29ClN2O5. The highest BCUT2D eigenvalue weighted by Gasteiger charge is 2.46. The molecule has 0 bridgehead atoms. The maximum Gasteiger partial charge on any atom is 0.295 e. The number of rotatable bonds is 9. The monoisotopic (exact) mass is 496 g/mol. The standard InChI is InChI=1S/C27H29ClN2O5/c1-2-15-35-22-6-3-5-20(18-22)24-23(25(31)19-7-9-21(28)10-8-19)26(32)27(33)30(24)12-4-11-29-13-16-34-17-14-29/h2-3,5-10,18,24,31H,1,4,11-17H2/b25-23+/t24-/m0/s1. The Labute approximate surface area is 210 Å². The van der Waals surface area contributed by atoms with E-state index in [1.807, 2.05) is 12.1 Å². The average molecular weight is 497 g/mol. The second-order valence-corrected chi connectivity index (χ2v) is 8.92. The van der Waals surface area contributed by atoms with E-state index in [-0.39, 0.29) is 11.3 Å². The van der Waals surface area contributed by atoms with Crippen molar-refractivity contribution >= 4 is 29.1 Å². The van der Waals surface area contributed by atoms with E-state index in [4.69, 9.17) is 21.1 Å². The highest BCUT2D eigenvalue weighted by molar-refractivity contribution is 6.46. The number of carbonyl (C=O) groups excluding carboxylic acids is 2. The molecule has 0 radical (unpaired) electrons. The Kier molecular flexibility index (Phi) is 8.23. The molecule has 1 amide bonds. The van der Waals surface area contributed by atoms with Gasteiger partial charge in [0.05, 0.1) is 24.8 Å². The van der Waals surface area contributed by atoms with Gasteiger partial charge < -0.3 is 19.5 Å². The van der Waals surface area contributed by atoms with Crippen molar-refractivity contribution in [1.82, 2.24) is 9.80 Å². The Bertz CT molecular complexity index is 1110. The van der Waals surface area contributed by atoms with E-state index in [9.17, 15) is 14.7 Å². The summed E-state index contributed by atoms with van der Waals surface area (Å²) in [7, 11) is 0. The smallest absolute Gasteiger partial charge is 0.295 e. The quantitative estimate of drug-likeness (QED) is 0.244. The second-order valence-electron chi connectivity index (χ2n) is 8.48. The van der Waals surface area contributed by atoms with Gasteiger partial charge in [0, 0.05) is 36.8 Å². The Hall–Kier alpha value is -3.13. The number of nitrogens with zero attached hydrogens (tertiary/aromatic N) is 2. The number of carbonyl (C=O) groups is 2. The molecule has 1 atom stereocenters. The predicted molar refractivity (Wildman–Crippen MR) is 134 cm³/mol. The normalized spacial score (nSPS) is 20.3. The third kappa shape index (κ3) is 5.75. The number of benzene rings is 2. The van der Waals surface area contributed by atoms with Gasteiger partial charge in [-0.2, -0.15) is 0 Å². The number of hydrogen-bond acceptors (Lipinski definition) is 6. The zero-order chi connectivity index (χ0) is 24.8. The molecular weight excluding hydrogens is 468 g/mol. The number of likely N-dealkylation sites (tertiary alicyclic amines) is 1. The summed E-state index contributed by atoms with van der Waals surface area (Å²) in [5.41, 5.74) is 1.17. The van der Waals surface area contributed by atoms with Gasteiger partial charge in [-0.05, 0) is 48.4 Å². The fraction of sp³-hybridized carbons (Fsp3) is 0.333. The highest BCUT2D eigenvalue weighted by atomic mass is 35.5. The van der Waals surface area contributed by atoms with Crippen LogP contribution in [0.2, 0.25) is 5.02 Å². The molecule has 0 unspecified atom stereocenters. The molecule has 2 fully saturated rings. The summed E-state index contributed by atoms with van der Waals surface area (Å²) >= 11 is 6.00. The number of Topliss-reactive ketones (excluding diaryl/α,β-unsaturated/α-hetero) is 1. The SMILES string of the molecule is C=CCOc1cccc([C@H]2/C(=C(\O)c3ccc(Cl)cc3)C(=O)C(=O)N2CCCN2CCOCC2)c1. The molecule has 7 nitrogen and oxygen atoms in total. The lowest BCUT2D eigenvalue weighted by atomic mass is 9.95. The lowest BCUT2D eigenvalue weighted by Gasteiger charge is -2.29. The van der Waals surface area contributed by atoms with Crippen molar-refractivity contribution in [2.75, 3.05) is 46.0 Å². The van der Waals surface area contributed by atoms with Gasteiger partial charge in [-0.1, -0.05) is 36.4 Å². The Morgan fingerprint density at radius 3 is 2.60 bits per heavy atom. The van der Waals surface area contributed by atoms with E-state index in [0.29, 0.717) is 54.7 Å². The van der Waals surface area contributed by atoms with Gasteiger partial charge in [0.25, 0.3) is 11.7 Å². The van der Waals surface area contributed by atoms with Crippen molar-refractivity contribution in [2.45, 2.75) is 12.5 Å². The van der Waals surface area contributed by atoms with E-state index < -0.39 is 17.7 Å². The molecule has 0 aliphatic carbocycles. The van der Waals surface area contributed by atoms with Gasteiger partial charge in [-0.15, -0.1) is 0 Å². The summed E-state index contributed by atoms with van der Waals surface area (Å²) in [6.45, 7) is 8.26. The molecule has 2 aromatic carbocycles. The molecule has 4 rings (SSSR count). The van der Waals surface area contributed by atoms with Gasteiger partial charge in [0.15, 0.2) is 0 Å². The van der Waals surface area contributed by atoms with Crippen LogP contribution in [0.3, 0.4) is 0 Å². The molecule has 2 saturated heterocycles. The molecule has 35 heavy (non-hydrogen) atoms. The van der Waals surface area contributed by atoms with Gasteiger partial charge in [0.1, 0.15) is 18.1 Å². The van der Waals surface area contributed by atoms with Crippen LogP contribution in [0, 0.1) is 0 Å². The summed E-state index contributed by atoms with van der Waals surface area (Å²) in [5, 5.41) is 11.7. The largest absolute Gasteiger partial charge is 0.507 e. The highest BCUT2D eigenvalue weighted by Crippen LogP contribution is 2.40. The summed E-state index contributed by atoms with van der Waals surface area (Å²) in [6, 6.07) is 13.0. The maximum absolute atomic E-state index is 13.2. The number of hydrogen-bond donors (Lipinski definition) is 1. The fourth-order valence-electron chi connectivity index (χ4n) is 4.44. The van der Waals surface area contributed by atoms with Crippen molar-refractivity contribution < 1.29 is 24.2 Å². The molecule has 0 spiro atoms. The lowest BCUT2D eigenvalue weighted by Crippen LogP contribution is -2.38. The minimum Gasteiger partial charge on any atom is -0.507 e. The van der Waals surface area contributed by atoms with Crippen molar-refractivity contribution in [2.24, 2.45) is 0 Å². The lowest BCUT2D eigenvalue weighted by molar-refractivity contribution is -0.140. The Balaban J connectivity index is 1.68. The van der Waals surface area contributed by atoms with Crippen molar-refractivity contribution in [3.05, 3.63) is 82.9 Å². The molecule has 8 heteroatoms. The predicted octanol–water partition coefficient (Wildman–Crippen LogP) is 4.05. The van der Waals surface area contributed by atoms with E-state index in [1.54, 1.807) is 47.4 Å². The van der Waals surface area contributed by atoms with E-state index in [2.05, 4.69) is 11.5 Å². The summed E-state index contributed by atoms with van der Waals surface area (Å²) < 4.78 is 11.1. The van der Waals surface area contributed by atoms with Crippen LogP contribution in [-0.2, 0) is 14.3 Å². The molecule has 2 heterocycles. The number of halogens is 1. The molecule has 2 aliphatic heterocycles. The van der Waals surface area contributed by atoms with Crippen LogP contribution in [0.4, 0.5) is 0 Å². The first-order valence-corrected chi connectivity index (χ1v) is 12.1. The average Bonchev–Trinajstić information content (AvgIpc) is 3.13. The van der Waals surface area contributed by atoms with Crippen LogP contribution in [0.5, 0.6) is 5.75 Å². The summed E-state index contributed by atoms with van der Waals surface area (Å²) in [6.07, 6.45) is 2.34. The first-order valence-electron chi connectivity index (χ1n) is 11.7. The third-order valence-corrected chi connectivity index (χ3v) is 6.43. The number of ketones is 1. The number of aliphatic hydroxyl groups is 1. The number of ether oxygens (including phenoxy) is 2. The summed E-state index contributed by atoms with van der Waals surface area (Å²) in [5.74, 6) is -0.956. The van der Waals surface area contributed by atoms with Gasteiger partial charge in [-0.25, -0.2) is 0 Å². The third-order valence-electron chi connectivity index (χ3n) is 6.18. The molecule has 184 valence electrons. The first kappa shape index (κ1) is 25.0. The van der Waals surface area contributed by atoms with Gasteiger partial charge in [0.2, 0.25) is 0 Å². The minimum absolute atomic E-state index is 0.0598. The van der Waals surface area contributed by atoms with Crippen molar-refractivity contribution in [1.29, 1.82) is 0 Å². The van der Waals surface area contributed by atoms with Gasteiger partial charge in [-0.3, -0.25) is 14.5 Å². The van der Waals surface area contributed by atoms with E-state index >= 15 is 0 Å². The summed E-state index contributed by atoms with van der Waals surface area (Å²) in [4.78, 5) is 30.2. The molecule has 1 N–H and O–H groups in total.